The molecule has 4 rings (SSSR count). The fourth-order valence-corrected chi connectivity index (χ4v) is 5.45. The molecule has 1 N–H and O–H groups in total. The van der Waals surface area contributed by atoms with Crippen LogP contribution in [0.4, 0.5) is 5.69 Å². The molecule has 0 spiro atoms. The summed E-state index contributed by atoms with van der Waals surface area (Å²) >= 11 is 0. The van der Waals surface area contributed by atoms with E-state index in [0.717, 1.165) is 56.2 Å². The van der Waals surface area contributed by atoms with E-state index < -0.39 is 11.6 Å². The van der Waals surface area contributed by atoms with Crippen molar-refractivity contribution in [2.75, 3.05) is 0 Å². The van der Waals surface area contributed by atoms with Crippen molar-refractivity contribution in [1.82, 2.24) is 5.32 Å². The monoisotopic (exact) mass is 459 g/mol. The van der Waals surface area contributed by atoms with Gasteiger partial charge in [0.05, 0.1) is 16.8 Å². The second-order valence-electron chi connectivity index (χ2n) is 10.6. The third-order valence-electron chi connectivity index (χ3n) is 7.58. The zero-order chi connectivity index (χ0) is 24.2. The van der Waals surface area contributed by atoms with Crippen LogP contribution in [0.25, 0.3) is 0 Å². The van der Waals surface area contributed by atoms with Crippen molar-refractivity contribution in [2.45, 2.75) is 78.3 Å². The van der Waals surface area contributed by atoms with Crippen molar-refractivity contribution in [3.63, 3.8) is 0 Å². The van der Waals surface area contributed by atoms with Gasteiger partial charge < -0.3 is 5.32 Å². The second kappa shape index (κ2) is 10.2. The van der Waals surface area contributed by atoms with Gasteiger partial charge in [-0.25, -0.2) is 0 Å². The topological polar surface area (TPSA) is 70.9 Å². The largest absolute Gasteiger partial charge is 0.329 e. The zero-order valence-electron chi connectivity index (χ0n) is 20.7. The Morgan fingerprint density at radius 3 is 2.65 bits per heavy atom. The highest BCUT2D eigenvalue weighted by Gasteiger charge is 2.42. The molecule has 2 atom stereocenters. The molecule has 0 bridgehead atoms. The first-order chi connectivity index (χ1) is 16.3. The Balaban J connectivity index is 1.60. The van der Waals surface area contributed by atoms with Gasteiger partial charge in [-0.1, -0.05) is 82.4 Å². The third kappa shape index (κ3) is 4.98. The molecule has 5 nitrogen and oxygen atoms in total. The van der Waals surface area contributed by atoms with Gasteiger partial charge in [0.2, 0.25) is 5.91 Å². The summed E-state index contributed by atoms with van der Waals surface area (Å²) in [5, 5.41) is 3.20. The van der Waals surface area contributed by atoms with Crippen LogP contribution in [0.1, 0.15) is 77.7 Å². The summed E-state index contributed by atoms with van der Waals surface area (Å²) in [5.41, 5.74) is 1.03. The highest BCUT2D eigenvalue weighted by atomic mass is 16.2. The fraction of sp³-hybridized carbons (Fsp3) is 0.517. The van der Waals surface area contributed by atoms with Crippen molar-refractivity contribution in [3.05, 3.63) is 54.1 Å². The van der Waals surface area contributed by atoms with Crippen molar-refractivity contribution < 1.29 is 9.59 Å². The van der Waals surface area contributed by atoms with E-state index in [1.54, 1.807) is 18.4 Å². The molecule has 0 saturated heterocycles. The molecule has 1 aliphatic heterocycles. The second-order valence-corrected chi connectivity index (χ2v) is 10.6. The maximum absolute atomic E-state index is 13.6. The molecule has 1 fully saturated rings. The molecule has 3 aliphatic rings. The smallest absolute Gasteiger partial charge is 0.228 e. The van der Waals surface area contributed by atoms with Crippen LogP contribution in [0.2, 0.25) is 0 Å². The number of hydrogen-bond acceptors (Lipinski definition) is 4. The van der Waals surface area contributed by atoms with Crippen molar-refractivity contribution in [1.29, 1.82) is 0 Å². The van der Waals surface area contributed by atoms with Crippen LogP contribution in [-0.2, 0) is 9.59 Å². The van der Waals surface area contributed by atoms with E-state index >= 15 is 0 Å². The predicted octanol–water partition coefficient (Wildman–Crippen LogP) is 6.11. The average Bonchev–Trinajstić information content (AvgIpc) is 3.23. The van der Waals surface area contributed by atoms with Crippen LogP contribution in [-0.4, -0.2) is 29.8 Å². The van der Waals surface area contributed by atoms with Gasteiger partial charge in [-0.15, -0.1) is 0 Å². The van der Waals surface area contributed by atoms with Gasteiger partial charge in [0.1, 0.15) is 0 Å². The number of hydrogen-bond donors (Lipinski definition) is 1. The molecular weight excluding hydrogens is 422 g/mol. The lowest BCUT2D eigenvalue weighted by molar-refractivity contribution is -0.131. The number of fused-ring (bicyclic) bond motifs is 1. The fourth-order valence-electron chi connectivity index (χ4n) is 5.45. The van der Waals surface area contributed by atoms with E-state index in [9.17, 15) is 9.59 Å². The molecule has 2 aliphatic carbocycles. The Hall–Kier alpha value is -2.82. The normalized spacial score (nSPS) is 25.2. The number of ketones is 1. The maximum Gasteiger partial charge on any atom is 0.228 e. The molecule has 1 amide bonds. The summed E-state index contributed by atoms with van der Waals surface area (Å²) in [6.07, 6.45) is 16.7. The number of benzene rings is 1. The van der Waals surface area contributed by atoms with Gasteiger partial charge in [-0.05, 0) is 44.2 Å². The zero-order valence-corrected chi connectivity index (χ0v) is 20.7. The van der Waals surface area contributed by atoms with Crippen molar-refractivity contribution in [3.8, 4) is 0 Å². The van der Waals surface area contributed by atoms with Gasteiger partial charge in [-0.2, -0.15) is 0 Å². The molecule has 0 radical (unpaired) electrons. The first-order valence-corrected chi connectivity index (χ1v) is 12.8. The van der Waals surface area contributed by atoms with Crippen LogP contribution in [0.3, 0.4) is 0 Å². The highest BCUT2D eigenvalue weighted by molar-refractivity contribution is 6.24. The summed E-state index contributed by atoms with van der Waals surface area (Å²) in [6, 6.07) is 7.74. The predicted molar refractivity (Wildman–Crippen MR) is 139 cm³/mol. The minimum atomic E-state index is -0.899. The average molecular weight is 460 g/mol. The quantitative estimate of drug-likeness (QED) is 0.476. The summed E-state index contributed by atoms with van der Waals surface area (Å²) in [4.78, 5) is 36.2. The number of allylic oxidation sites excluding steroid dienone is 4. The van der Waals surface area contributed by atoms with E-state index in [0.29, 0.717) is 11.6 Å². The molecule has 1 aromatic rings. The van der Waals surface area contributed by atoms with Crippen molar-refractivity contribution in [2.24, 2.45) is 26.7 Å². The first-order valence-electron chi connectivity index (χ1n) is 12.8. The lowest BCUT2D eigenvalue weighted by atomic mass is 9.75. The standard InChI is InChI=1S/C29H37N3O2/c1-21(2)12-6-9-17-29(18-10-11-19-29)27(34)32-25-20-30-23-14-5-4-13-22(23)26(31-25)28(3)16-8-7-15-24(28)33/h4-5,7-8,13-16,20-21,25H,6,9-12,17-19H2,1-3H3,(H,32,34)/t25-,28?/m1/s1. The minimum absolute atomic E-state index is 0.0204. The van der Waals surface area contributed by atoms with E-state index in [-0.39, 0.29) is 17.1 Å². The molecule has 180 valence electrons. The molecular formula is C29H37N3O2. The summed E-state index contributed by atoms with van der Waals surface area (Å²) in [5.74, 6) is 0.751. The van der Waals surface area contributed by atoms with Gasteiger partial charge in [0.25, 0.3) is 0 Å². The lowest BCUT2D eigenvalue weighted by Gasteiger charge is -2.30. The Morgan fingerprint density at radius 2 is 1.91 bits per heavy atom. The number of nitrogens with one attached hydrogen (secondary N) is 1. The number of unbranched alkanes of at least 4 members (excludes halogenated alkanes) is 1. The molecule has 1 heterocycles. The van der Waals surface area contributed by atoms with Crippen molar-refractivity contribution >= 4 is 29.3 Å². The van der Waals surface area contributed by atoms with E-state index in [2.05, 4.69) is 24.2 Å². The van der Waals surface area contributed by atoms with Gasteiger partial charge in [-0.3, -0.25) is 19.6 Å². The molecule has 1 unspecified atom stereocenters. The van der Waals surface area contributed by atoms with Gasteiger partial charge in [0.15, 0.2) is 11.9 Å². The van der Waals surface area contributed by atoms with Crippen LogP contribution in [0, 0.1) is 16.7 Å². The Bertz CT molecular complexity index is 1040. The lowest BCUT2D eigenvalue weighted by Crippen LogP contribution is -2.45. The SMILES string of the molecule is CC(C)CCCCC1(C(=O)N[C@@H]2C=Nc3ccccc3C(C3(C)C=CC=CC3=O)=N2)CCCC1. The van der Waals surface area contributed by atoms with Gasteiger partial charge in [0, 0.05) is 17.2 Å². The number of carbonyl (C=O) groups is 2. The number of carbonyl (C=O) groups excluding carboxylic acids is 2. The van der Waals surface area contributed by atoms with E-state index in [4.69, 9.17) is 4.99 Å². The maximum atomic E-state index is 13.6. The molecule has 34 heavy (non-hydrogen) atoms. The molecule has 1 saturated carbocycles. The summed E-state index contributed by atoms with van der Waals surface area (Å²) < 4.78 is 0. The van der Waals surface area contributed by atoms with E-state index in [1.165, 1.54) is 6.42 Å². The Labute approximate surface area is 203 Å². The molecule has 1 aromatic carbocycles. The van der Waals surface area contributed by atoms with Crippen LogP contribution < -0.4 is 5.32 Å². The number of para-hydroxylation sites is 1. The van der Waals surface area contributed by atoms with Crippen LogP contribution >= 0.6 is 0 Å². The number of amides is 1. The number of nitrogens with zero attached hydrogens (tertiary/aromatic N) is 2. The number of rotatable bonds is 8. The molecule has 0 aromatic heterocycles. The van der Waals surface area contributed by atoms with Crippen LogP contribution in [0.15, 0.2) is 58.6 Å². The molecule has 5 heteroatoms. The Morgan fingerprint density at radius 1 is 1.15 bits per heavy atom. The minimum Gasteiger partial charge on any atom is -0.329 e. The third-order valence-corrected chi connectivity index (χ3v) is 7.58. The van der Waals surface area contributed by atoms with E-state index in [1.807, 2.05) is 43.3 Å². The summed E-state index contributed by atoms with van der Waals surface area (Å²) in [7, 11) is 0. The number of aliphatic imine (C=N–C) groups is 2. The highest BCUT2D eigenvalue weighted by Crippen LogP contribution is 2.43. The Kier molecular flexibility index (Phi) is 7.30. The van der Waals surface area contributed by atoms with Crippen LogP contribution in [0.5, 0.6) is 0 Å². The van der Waals surface area contributed by atoms with Gasteiger partial charge >= 0.3 is 0 Å². The summed E-state index contributed by atoms with van der Waals surface area (Å²) in [6.45, 7) is 6.39. The first kappa shape index (κ1) is 24.3.